The molecule has 26 heavy (non-hydrogen) atoms. The normalized spacial score (nSPS) is 18.7. The number of likely N-dealkylation sites (tertiary alicyclic amines) is 1. The molecule has 5 nitrogen and oxygen atoms in total. The molecule has 1 aromatic carbocycles. The van der Waals surface area contributed by atoms with Crippen LogP contribution in [0.15, 0.2) is 29.1 Å². The summed E-state index contributed by atoms with van der Waals surface area (Å²) in [5, 5.41) is 10.0. The van der Waals surface area contributed by atoms with Crippen molar-refractivity contribution in [2.24, 2.45) is 0 Å². The van der Waals surface area contributed by atoms with Crippen molar-refractivity contribution in [1.82, 2.24) is 15.1 Å². The number of benzene rings is 1. The highest BCUT2D eigenvalue weighted by molar-refractivity contribution is 5.64. The topological polar surface area (TPSA) is 61.0 Å². The Morgan fingerprint density at radius 1 is 1.31 bits per heavy atom. The van der Waals surface area contributed by atoms with E-state index in [0.29, 0.717) is 16.8 Å². The summed E-state index contributed by atoms with van der Waals surface area (Å²) in [6.45, 7) is 3.45. The van der Waals surface area contributed by atoms with Gasteiger partial charge in [0.2, 0.25) is 5.43 Å². The summed E-state index contributed by atoms with van der Waals surface area (Å²) in [7, 11) is 2.03. The highest BCUT2D eigenvalue weighted by Gasteiger charge is 2.30. The van der Waals surface area contributed by atoms with Crippen LogP contribution in [0.5, 0.6) is 0 Å². The number of hydrogen-bond acceptors (Lipinski definition) is 4. The van der Waals surface area contributed by atoms with Crippen molar-refractivity contribution in [1.29, 1.82) is 0 Å². The van der Waals surface area contributed by atoms with E-state index in [4.69, 9.17) is 0 Å². The fourth-order valence-corrected chi connectivity index (χ4v) is 3.26. The fourth-order valence-electron chi connectivity index (χ4n) is 3.26. The smallest absolute Gasteiger partial charge is 0.361 e. The Balaban J connectivity index is 1.82. The highest BCUT2D eigenvalue weighted by atomic mass is 19.4. The third kappa shape index (κ3) is 4.07. The fraction of sp³-hybridized carbons (Fsp3) is 0.444. The number of piperidine rings is 1. The predicted octanol–water partition coefficient (Wildman–Crippen LogP) is 3.27. The first-order chi connectivity index (χ1) is 12.2. The van der Waals surface area contributed by atoms with E-state index in [9.17, 15) is 18.0 Å². The molecule has 1 aromatic heterocycles. The van der Waals surface area contributed by atoms with Gasteiger partial charge in [0.05, 0.1) is 11.3 Å². The zero-order valence-corrected chi connectivity index (χ0v) is 14.7. The van der Waals surface area contributed by atoms with E-state index in [-0.39, 0.29) is 17.3 Å². The van der Waals surface area contributed by atoms with E-state index in [0.717, 1.165) is 38.1 Å². The molecule has 3 rings (SSSR count). The molecule has 2 heterocycles. The van der Waals surface area contributed by atoms with Crippen molar-refractivity contribution in [3.63, 3.8) is 0 Å². The van der Waals surface area contributed by atoms with Gasteiger partial charge in [-0.05, 0) is 51.1 Å². The number of rotatable bonds is 3. The Kier molecular flexibility index (Phi) is 5.04. The number of hydrogen-bond donors (Lipinski definition) is 2. The Labute approximate surface area is 149 Å². The van der Waals surface area contributed by atoms with Gasteiger partial charge in [0.1, 0.15) is 0 Å². The Bertz CT molecular complexity index is 847. The molecular weight excluding hydrogens is 345 g/mol. The molecule has 0 amide bonds. The molecule has 1 saturated heterocycles. The minimum Gasteiger partial charge on any atom is -0.361 e. The van der Waals surface area contributed by atoms with Gasteiger partial charge in [0.15, 0.2) is 5.82 Å². The molecule has 2 N–H and O–H groups in total. The molecule has 1 atom stereocenters. The van der Waals surface area contributed by atoms with Crippen molar-refractivity contribution in [2.45, 2.75) is 32.0 Å². The Morgan fingerprint density at radius 2 is 2.08 bits per heavy atom. The molecular formula is C18H21F3N4O. The summed E-state index contributed by atoms with van der Waals surface area (Å²) >= 11 is 0. The van der Waals surface area contributed by atoms with Crippen LogP contribution in [0, 0.1) is 6.92 Å². The van der Waals surface area contributed by atoms with Gasteiger partial charge in [0, 0.05) is 24.2 Å². The number of likely N-dealkylation sites (N-methyl/N-ethyl adjacent to an activating group) is 1. The summed E-state index contributed by atoms with van der Waals surface area (Å²) in [6.07, 6.45) is -2.38. The summed E-state index contributed by atoms with van der Waals surface area (Å²) in [6, 6.07) is 4.95. The zero-order chi connectivity index (χ0) is 18.9. The molecule has 140 valence electrons. The number of nitrogens with one attached hydrogen (secondary N) is 2. The number of anilines is 1. The molecule has 2 aromatic rings. The number of alkyl halides is 3. The van der Waals surface area contributed by atoms with Gasteiger partial charge in [-0.25, -0.2) is 0 Å². The van der Waals surface area contributed by atoms with Gasteiger partial charge in [-0.2, -0.15) is 18.3 Å². The summed E-state index contributed by atoms with van der Waals surface area (Å²) in [5.41, 5.74) is 0.339. The maximum absolute atomic E-state index is 12.8. The maximum Gasteiger partial charge on any atom is 0.416 e. The van der Waals surface area contributed by atoms with Crippen molar-refractivity contribution in [3.05, 3.63) is 45.6 Å². The van der Waals surface area contributed by atoms with Crippen molar-refractivity contribution < 1.29 is 13.2 Å². The average molecular weight is 366 g/mol. The first kappa shape index (κ1) is 18.4. The number of nitrogens with zero attached hydrogens (tertiary/aromatic N) is 2. The van der Waals surface area contributed by atoms with Crippen LogP contribution in [0.2, 0.25) is 0 Å². The molecule has 0 radical (unpaired) electrons. The summed E-state index contributed by atoms with van der Waals surface area (Å²) in [4.78, 5) is 14.6. The third-order valence-corrected chi connectivity index (χ3v) is 4.61. The minimum atomic E-state index is -4.39. The second-order valence-corrected chi connectivity index (χ2v) is 6.77. The monoisotopic (exact) mass is 366 g/mol. The van der Waals surface area contributed by atoms with Crippen LogP contribution >= 0.6 is 0 Å². The first-order valence-electron chi connectivity index (χ1n) is 8.47. The third-order valence-electron chi connectivity index (χ3n) is 4.61. The Hall–Kier alpha value is -2.35. The lowest BCUT2D eigenvalue weighted by atomic mass is 10.0. The SMILES string of the molecule is Cc1cc(C(F)(F)F)ccc1-c1cc(=O)c(N[C@@H]2CCCN(C)C2)n[nH]1. The van der Waals surface area contributed by atoms with E-state index in [2.05, 4.69) is 20.4 Å². The number of halogens is 3. The van der Waals surface area contributed by atoms with Gasteiger partial charge < -0.3 is 10.2 Å². The van der Waals surface area contributed by atoms with Crippen LogP contribution in [-0.2, 0) is 6.18 Å². The molecule has 1 fully saturated rings. The number of aromatic nitrogens is 2. The number of aromatic amines is 1. The molecule has 1 aliphatic rings. The predicted molar refractivity (Wildman–Crippen MR) is 94.2 cm³/mol. The lowest BCUT2D eigenvalue weighted by Gasteiger charge is -2.30. The van der Waals surface area contributed by atoms with Crippen molar-refractivity contribution >= 4 is 5.82 Å². The van der Waals surface area contributed by atoms with Crippen LogP contribution in [0.1, 0.15) is 24.0 Å². The molecule has 0 unspecified atom stereocenters. The van der Waals surface area contributed by atoms with Crippen LogP contribution in [0.3, 0.4) is 0 Å². The minimum absolute atomic E-state index is 0.154. The second kappa shape index (κ2) is 7.11. The second-order valence-electron chi connectivity index (χ2n) is 6.77. The number of H-pyrrole nitrogens is 1. The van der Waals surface area contributed by atoms with Gasteiger partial charge in [-0.15, -0.1) is 0 Å². The molecule has 0 saturated carbocycles. The largest absolute Gasteiger partial charge is 0.416 e. The van der Waals surface area contributed by atoms with Crippen molar-refractivity contribution in [3.8, 4) is 11.3 Å². The van der Waals surface area contributed by atoms with E-state index < -0.39 is 11.7 Å². The van der Waals surface area contributed by atoms with E-state index in [1.165, 1.54) is 12.1 Å². The van der Waals surface area contributed by atoms with Gasteiger partial charge in [-0.3, -0.25) is 9.89 Å². The van der Waals surface area contributed by atoms with Crippen LogP contribution < -0.4 is 10.7 Å². The lowest BCUT2D eigenvalue weighted by Crippen LogP contribution is -2.40. The van der Waals surface area contributed by atoms with Gasteiger partial charge in [0.25, 0.3) is 0 Å². The van der Waals surface area contributed by atoms with Gasteiger partial charge in [-0.1, -0.05) is 6.07 Å². The first-order valence-corrected chi connectivity index (χ1v) is 8.47. The van der Waals surface area contributed by atoms with Gasteiger partial charge >= 0.3 is 6.18 Å². The summed E-state index contributed by atoms with van der Waals surface area (Å²) in [5.74, 6) is 0.235. The molecule has 8 heteroatoms. The zero-order valence-electron chi connectivity index (χ0n) is 14.7. The van der Waals surface area contributed by atoms with E-state index in [1.54, 1.807) is 6.92 Å². The molecule has 0 bridgehead atoms. The molecule has 1 aliphatic heterocycles. The van der Waals surface area contributed by atoms with E-state index >= 15 is 0 Å². The van der Waals surface area contributed by atoms with Crippen LogP contribution in [0.4, 0.5) is 19.0 Å². The molecule has 0 spiro atoms. The summed E-state index contributed by atoms with van der Waals surface area (Å²) < 4.78 is 38.4. The quantitative estimate of drug-likeness (QED) is 0.875. The van der Waals surface area contributed by atoms with Crippen LogP contribution in [-0.4, -0.2) is 41.3 Å². The Morgan fingerprint density at radius 3 is 2.69 bits per heavy atom. The number of aryl methyl sites for hydroxylation is 1. The highest BCUT2D eigenvalue weighted by Crippen LogP contribution is 2.32. The lowest BCUT2D eigenvalue weighted by molar-refractivity contribution is -0.137. The average Bonchev–Trinajstić information content (AvgIpc) is 2.56. The van der Waals surface area contributed by atoms with E-state index in [1.807, 2.05) is 7.05 Å². The van der Waals surface area contributed by atoms with Crippen LogP contribution in [0.25, 0.3) is 11.3 Å². The standard InChI is InChI=1S/C18H21F3N4O/c1-11-8-12(18(19,20)21)5-6-14(11)15-9-16(26)17(24-23-15)22-13-4-3-7-25(2)10-13/h5-6,8-9,13H,3-4,7,10H2,1-2H3,(H,22,24)(H,23,26)/t13-/m1/s1. The van der Waals surface area contributed by atoms with Crippen molar-refractivity contribution in [2.75, 3.05) is 25.5 Å². The maximum atomic E-state index is 12.8. The molecule has 0 aliphatic carbocycles.